The molecular weight excluding hydrogens is 316 g/mol. The smallest absolute Gasteiger partial charge is 0.0758 e. The van der Waals surface area contributed by atoms with E-state index in [1.54, 1.807) is 0 Å². The number of hydrogen-bond acceptors (Lipinski definition) is 3. The first-order valence-corrected chi connectivity index (χ1v) is 7.94. The molecule has 0 amide bonds. The molecule has 1 N–H and O–H groups in total. The molecule has 0 radical (unpaired) electrons. The fourth-order valence-electron chi connectivity index (χ4n) is 2.70. The fourth-order valence-corrected chi connectivity index (χ4v) is 3.15. The molecule has 4 heteroatoms. The minimum Gasteiger partial charge on any atom is -0.378 e. The summed E-state index contributed by atoms with van der Waals surface area (Å²) in [7, 11) is 0. The summed E-state index contributed by atoms with van der Waals surface area (Å²) in [5.41, 5.74) is 2.33. The number of aromatic nitrogens is 1. The van der Waals surface area contributed by atoms with Crippen LogP contribution >= 0.6 is 15.9 Å². The second-order valence-electron chi connectivity index (χ2n) is 5.23. The van der Waals surface area contributed by atoms with E-state index in [2.05, 4.69) is 51.4 Å². The van der Waals surface area contributed by atoms with E-state index in [1.807, 2.05) is 12.3 Å². The Hall–Kier alpha value is -0.970. The number of benzene rings is 1. The molecule has 1 aromatic carbocycles. The molecule has 1 aromatic heterocycles. The molecule has 20 heavy (non-hydrogen) atoms. The molecule has 0 bridgehead atoms. The zero-order valence-corrected chi connectivity index (χ0v) is 13.2. The SMILES string of the molecule is CCOC1CC(NCc2ccc(Br)c3cccnc23)C1. The molecule has 0 unspecified atom stereocenters. The number of ether oxygens (including phenoxy) is 1. The lowest BCUT2D eigenvalue weighted by molar-refractivity contribution is -0.0102. The summed E-state index contributed by atoms with van der Waals surface area (Å²) in [6.45, 7) is 3.74. The van der Waals surface area contributed by atoms with Gasteiger partial charge in [-0.1, -0.05) is 28.1 Å². The largest absolute Gasteiger partial charge is 0.378 e. The lowest BCUT2D eigenvalue weighted by Gasteiger charge is -2.35. The topological polar surface area (TPSA) is 34.1 Å². The van der Waals surface area contributed by atoms with Crippen molar-refractivity contribution in [1.82, 2.24) is 10.3 Å². The highest BCUT2D eigenvalue weighted by Gasteiger charge is 2.28. The predicted molar refractivity (Wildman–Crippen MR) is 84.7 cm³/mol. The van der Waals surface area contributed by atoms with Crippen LogP contribution in [0.15, 0.2) is 34.9 Å². The van der Waals surface area contributed by atoms with Gasteiger partial charge in [-0.05, 0) is 37.5 Å². The van der Waals surface area contributed by atoms with Crippen LogP contribution in [0.1, 0.15) is 25.3 Å². The second-order valence-corrected chi connectivity index (χ2v) is 6.09. The monoisotopic (exact) mass is 334 g/mol. The lowest BCUT2D eigenvalue weighted by Crippen LogP contribution is -2.45. The van der Waals surface area contributed by atoms with Gasteiger partial charge in [0.15, 0.2) is 0 Å². The Kier molecular flexibility index (Phi) is 4.34. The van der Waals surface area contributed by atoms with Gasteiger partial charge < -0.3 is 10.1 Å². The maximum Gasteiger partial charge on any atom is 0.0758 e. The molecule has 0 aliphatic heterocycles. The Morgan fingerprint density at radius 2 is 2.20 bits per heavy atom. The van der Waals surface area contributed by atoms with Crippen LogP contribution in [-0.2, 0) is 11.3 Å². The third-order valence-electron chi connectivity index (χ3n) is 3.88. The molecule has 1 aliphatic carbocycles. The van der Waals surface area contributed by atoms with E-state index in [0.29, 0.717) is 12.1 Å². The molecule has 1 aliphatic rings. The summed E-state index contributed by atoms with van der Waals surface area (Å²) in [5.74, 6) is 0. The average molecular weight is 335 g/mol. The summed E-state index contributed by atoms with van der Waals surface area (Å²) in [6.07, 6.45) is 4.55. The van der Waals surface area contributed by atoms with Gasteiger partial charge in [-0.3, -0.25) is 4.98 Å². The summed E-state index contributed by atoms with van der Waals surface area (Å²) >= 11 is 3.58. The molecule has 3 nitrogen and oxygen atoms in total. The van der Waals surface area contributed by atoms with Crippen LogP contribution in [0, 0.1) is 0 Å². The van der Waals surface area contributed by atoms with Crippen LogP contribution in [0.4, 0.5) is 0 Å². The number of nitrogens with one attached hydrogen (secondary N) is 1. The summed E-state index contributed by atoms with van der Waals surface area (Å²) in [5, 5.41) is 4.77. The van der Waals surface area contributed by atoms with E-state index >= 15 is 0 Å². The highest BCUT2D eigenvalue weighted by Crippen LogP contribution is 2.27. The van der Waals surface area contributed by atoms with E-state index in [4.69, 9.17) is 4.74 Å². The number of pyridine rings is 1. The van der Waals surface area contributed by atoms with Crippen molar-refractivity contribution in [2.75, 3.05) is 6.61 Å². The zero-order chi connectivity index (χ0) is 13.9. The Bertz CT molecular complexity index is 596. The normalized spacial score (nSPS) is 21.9. The lowest BCUT2D eigenvalue weighted by atomic mass is 9.89. The Morgan fingerprint density at radius 1 is 1.35 bits per heavy atom. The van der Waals surface area contributed by atoms with Crippen molar-refractivity contribution in [3.63, 3.8) is 0 Å². The van der Waals surface area contributed by atoms with E-state index < -0.39 is 0 Å². The number of rotatable bonds is 5. The molecule has 0 atom stereocenters. The summed E-state index contributed by atoms with van der Waals surface area (Å²) in [4.78, 5) is 4.51. The second kappa shape index (κ2) is 6.20. The molecule has 3 rings (SSSR count). The van der Waals surface area contributed by atoms with Gasteiger partial charge in [0.2, 0.25) is 0 Å². The zero-order valence-electron chi connectivity index (χ0n) is 11.6. The van der Waals surface area contributed by atoms with E-state index in [9.17, 15) is 0 Å². The van der Waals surface area contributed by atoms with Crippen LogP contribution < -0.4 is 5.32 Å². The van der Waals surface area contributed by atoms with E-state index in [-0.39, 0.29) is 0 Å². The first-order chi connectivity index (χ1) is 9.78. The Labute approximate surface area is 127 Å². The van der Waals surface area contributed by atoms with Crippen LogP contribution in [0.3, 0.4) is 0 Å². The molecule has 0 spiro atoms. The highest BCUT2D eigenvalue weighted by atomic mass is 79.9. The van der Waals surface area contributed by atoms with Gasteiger partial charge in [-0.25, -0.2) is 0 Å². The van der Waals surface area contributed by atoms with Crippen molar-refractivity contribution in [1.29, 1.82) is 0 Å². The van der Waals surface area contributed by atoms with Crippen molar-refractivity contribution in [3.8, 4) is 0 Å². The van der Waals surface area contributed by atoms with Crippen molar-refractivity contribution in [2.45, 2.75) is 38.5 Å². The number of fused-ring (bicyclic) bond motifs is 1. The molecule has 1 saturated carbocycles. The van der Waals surface area contributed by atoms with Crippen LogP contribution in [0.5, 0.6) is 0 Å². The molecule has 0 saturated heterocycles. The summed E-state index contributed by atoms with van der Waals surface area (Å²) in [6, 6.07) is 8.90. The van der Waals surface area contributed by atoms with Gasteiger partial charge in [0.25, 0.3) is 0 Å². The van der Waals surface area contributed by atoms with Crippen molar-refractivity contribution in [3.05, 3.63) is 40.5 Å². The van der Waals surface area contributed by atoms with Gasteiger partial charge in [-0.2, -0.15) is 0 Å². The van der Waals surface area contributed by atoms with Gasteiger partial charge in [0.05, 0.1) is 11.6 Å². The van der Waals surface area contributed by atoms with Gasteiger partial charge >= 0.3 is 0 Å². The Morgan fingerprint density at radius 3 is 3.00 bits per heavy atom. The average Bonchev–Trinajstić information content (AvgIpc) is 2.43. The van der Waals surface area contributed by atoms with Gasteiger partial charge in [-0.15, -0.1) is 0 Å². The molecular formula is C16H19BrN2O. The predicted octanol–water partition coefficient (Wildman–Crippen LogP) is 3.65. The molecule has 106 valence electrons. The molecule has 1 heterocycles. The minimum absolute atomic E-state index is 0.456. The third-order valence-corrected chi connectivity index (χ3v) is 4.57. The third kappa shape index (κ3) is 2.87. The van der Waals surface area contributed by atoms with Gasteiger partial charge in [0.1, 0.15) is 0 Å². The minimum atomic E-state index is 0.456. The highest BCUT2D eigenvalue weighted by molar-refractivity contribution is 9.10. The summed E-state index contributed by atoms with van der Waals surface area (Å²) < 4.78 is 6.69. The van der Waals surface area contributed by atoms with E-state index in [1.165, 1.54) is 10.9 Å². The first kappa shape index (κ1) is 14.0. The maximum atomic E-state index is 5.59. The van der Waals surface area contributed by atoms with Crippen LogP contribution in [0.2, 0.25) is 0 Å². The standard InChI is InChI=1S/C16H19BrN2O/c1-2-20-13-8-12(9-13)19-10-11-5-6-15(17)14-4-3-7-18-16(11)14/h3-7,12-13,19H,2,8-10H2,1H3. The maximum absolute atomic E-state index is 5.59. The van der Waals surface area contributed by atoms with E-state index in [0.717, 1.165) is 36.0 Å². The number of halogens is 1. The van der Waals surface area contributed by atoms with Crippen molar-refractivity contribution >= 4 is 26.8 Å². The van der Waals surface area contributed by atoms with Crippen LogP contribution in [-0.4, -0.2) is 23.7 Å². The molecule has 2 aromatic rings. The Balaban J connectivity index is 1.65. The fraction of sp³-hybridized carbons (Fsp3) is 0.438. The molecule has 1 fully saturated rings. The van der Waals surface area contributed by atoms with Crippen molar-refractivity contribution in [2.24, 2.45) is 0 Å². The van der Waals surface area contributed by atoms with Crippen molar-refractivity contribution < 1.29 is 4.74 Å². The van der Waals surface area contributed by atoms with Gasteiger partial charge in [0, 0.05) is 35.2 Å². The number of hydrogen-bond donors (Lipinski definition) is 1. The first-order valence-electron chi connectivity index (χ1n) is 7.15. The number of nitrogens with zero attached hydrogens (tertiary/aromatic N) is 1. The van der Waals surface area contributed by atoms with Crippen LogP contribution in [0.25, 0.3) is 10.9 Å². The quantitative estimate of drug-likeness (QED) is 0.906.